The standard InChI is InChI=1S/C13H19FN4/c1-9-8-17(2)5-6-18(9)12-4-3-10(14)7-11(12)13(15)16/h3-4,7,9H,5-6,8H2,1-2H3,(H3,15,16). The van der Waals surface area contributed by atoms with Gasteiger partial charge in [-0.1, -0.05) is 0 Å². The summed E-state index contributed by atoms with van der Waals surface area (Å²) in [7, 11) is 2.09. The minimum absolute atomic E-state index is 0.0874. The van der Waals surface area contributed by atoms with Crippen LogP contribution in [0.15, 0.2) is 18.2 Å². The van der Waals surface area contributed by atoms with E-state index in [0.29, 0.717) is 11.6 Å². The molecule has 1 saturated heterocycles. The summed E-state index contributed by atoms with van der Waals surface area (Å²) in [5, 5.41) is 7.57. The van der Waals surface area contributed by atoms with Gasteiger partial charge in [0.25, 0.3) is 0 Å². The second-order valence-electron chi connectivity index (χ2n) is 4.88. The van der Waals surface area contributed by atoms with E-state index in [2.05, 4.69) is 23.8 Å². The fourth-order valence-electron chi connectivity index (χ4n) is 2.47. The van der Waals surface area contributed by atoms with Gasteiger partial charge in [0.05, 0.1) is 0 Å². The van der Waals surface area contributed by atoms with Crippen LogP contribution in [0, 0.1) is 11.2 Å². The van der Waals surface area contributed by atoms with Crippen LogP contribution in [0.3, 0.4) is 0 Å². The minimum Gasteiger partial charge on any atom is -0.384 e. The Morgan fingerprint density at radius 3 is 2.78 bits per heavy atom. The molecule has 1 unspecified atom stereocenters. The maximum absolute atomic E-state index is 13.3. The first-order valence-corrected chi connectivity index (χ1v) is 6.08. The Bertz CT molecular complexity index is 460. The van der Waals surface area contributed by atoms with Crippen molar-refractivity contribution in [2.75, 3.05) is 31.6 Å². The lowest BCUT2D eigenvalue weighted by molar-refractivity contribution is 0.275. The van der Waals surface area contributed by atoms with E-state index in [0.717, 1.165) is 25.3 Å². The van der Waals surface area contributed by atoms with Crippen LogP contribution in [0.4, 0.5) is 10.1 Å². The highest BCUT2D eigenvalue weighted by molar-refractivity contribution is 6.00. The number of hydrogen-bond donors (Lipinski definition) is 2. The Morgan fingerprint density at radius 1 is 1.44 bits per heavy atom. The smallest absolute Gasteiger partial charge is 0.125 e. The first-order chi connectivity index (χ1) is 8.49. The molecule has 1 aromatic rings. The topological polar surface area (TPSA) is 56.4 Å². The molecule has 0 radical (unpaired) electrons. The number of nitrogens with two attached hydrogens (primary N) is 1. The number of nitrogens with zero attached hydrogens (tertiary/aromatic N) is 2. The van der Waals surface area contributed by atoms with Gasteiger partial charge in [0.2, 0.25) is 0 Å². The van der Waals surface area contributed by atoms with E-state index in [-0.39, 0.29) is 11.7 Å². The van der Waals surface area contributed by atoms with Gasteiger partial charge in [-0.3, -0.25) is 5.41 Å². The van der Waals surface area contributed by atoms with Gasteiger partial charge in [-0.05, 0) is 32.2 Å². The summed E-state index contributed by atoms with van der Waals surface area (Å²) in [6.07, 6.45) is 0. The molecule has 98 valence electrons. The number of rotatable bonds is 2. The first-order valence-electron chi connectivity index (χ1n) is 6.08. The highest BCUT2D eigenvalue weighted by atomic mass is 19.1. The molecule has 1 fully saturated rings. The van der Waals surface area contributed by atoms with Crippen molar-refractivity contribution in [2.24, 2.45) is 5.73 Å². The van der Waals surface area contributed by atoms with Crippen molar-refractivity contribution in [1.29, 1.82) is 5.41 Å². The van der Waals surface area contributed by atoms with Crippen molar-refractivity contribution in [3.05, 3.63) is 29.6 Å². The Balaban J connectivity index is 2.35. The number of likely N-dealkylation sites (N-methyl/N-ethyl adjacent to an activating group) is 1. The molecule has 5 heteroatoms. The lowest BCUT2D eigenvalue weighted by Crippen LogP contribution is -2.51. The van der Waals surface area contributed by atoms with Gasteiger partial charge in [-0.15, -0.1) is 0 Å². The zero-order valence-corrected chi connectivity index (χ0v) is 10.8. The molecule has 0 bridgehead atoms. The lowest BCUT2D eigenvalue weighted by Gasteiger charge is -2.40. The fourth-order valence-corrected chi connectivity index (χ4v) is 2.47. The van der Waals surface area contributed by atoms with E-state index >= 15 is 0 Å². The lowest BCUT2D eigenvalue weighted by atomic mass is 10.1. The monoisotopic (exact) mass is 250 g/mol. The average Bonchev–Trinajstić information content (AvgIpc) is 2.29. The third kappa shape index (κ3) is 2.46. The van der Waals surface area contributed by atoms with Crippen LogP contribution in [-0.4, -0.2) is 43.5 Å². The summed E-state index contributed by atoms with van der Waals surface area (Å²) in [6, 6.07) is 4.80. The van der Waals surface area contributed by atoms with Gasteiger partial charge in [-0.2, -0.15) is 0 Å². The molecule has 0 spiro atoms. The Morgan fingerprint density at radius 2 is 2.17 bits per heavy atom. The average molecular weight is 250 g/mol. The maximum Gasteiger partial charge on any atom is 0.125 e. The van der Waals surface area contributed by atoms with Crippen LogP contribution in [0.25, 0.3) is 0 Å². The van der Waals surface area contributed by atoms with Crippen LogP contribution >= 0.6 is 0 Å². The predicted molar refractivity (Wildman–Crippen MR) is 71.7 cm³/mol. The molecule has 2 rings (SSSR count). The number of hydrogen-bond acceptors (Lipinski definition) is 3. The zero-order chi connectivity index (χ0) is 13.3. The van der Waals surface area contributed by atoms with E-state index < -0.39 is 0 Å². The number of nitrogen functional groups attached to an aromatic ring is 1. The molecule has 1 heterocycles. The molecule has 3 N–H and O–H groups in total. The van der Waals surface area contributed by atoms with E-state index in [4.69, 9.17) is 11.1 Å². The van der Waals surface area contributed by atoms with Gasteiger partial charge in [0.15, 0.2) is 0 Å². The highest BCUT2D eigenvalue weighted by Crippen LogP contribution is 2.25. The molecular formula is C13H19FN4. The summed E-state index contributed by atoms with van der Waals surface area (Å²) in [5.41, 5.74) is 6.87. The van der Waals surface area contributed by atoms with E-state index in [1.54, 1.807) is 6.07 Å². The van der Waals surface area contributed by atoms with Crippen LogP contribution in [-0.2, 0) is 0 Å². The molecule has 1 aromatic carbocycles. The molecule has 0 aromatic heterocycles. The summed E-state index contributed by atoms with van der Waals surface area (Å²) in [5.74, 6) is -0.443. The van der Waals surface area contributed by atoms with E-state index in [9.17, 15) is 4.39 Å². The molecular weight excluding hydrogens is 231 g/mol. The van der Waals surface area contributed by atoms with Crippen molar-refractivity contribution in [1.82, 2.24) is 4.90 Å². The quantitative estimate of drug-likeness (QED) is 0.613. The molecule has 1 aliphatic rings. The second kappa shape index (κ2) is 4.94. The van der Waals surface area contributed by atoms with Crippen LogP contribution in [0.1, 0.15) is 12.5 Å². The molecule has 0 aliphatic carbocycles. The van der Waals surface area contributed by atoms with Gasteiger partial charge in [0, 0.05) is 36.9 Å². The van der Waals surface area contributed by atoms with Gasteiger partial charge in [0.1, 0.15) is 11.7 Å². The Kier molecular flexibility index (Phi) is 3.52. The summed E-state index contributed by atoms with van der Waals surface area (Å²) in [6.45, 7) is 4.90. The molecule has 4 nitrogen and oxygen atoms in total. The minimum atomic E-state index is -0.356. The molecule has 0 saturated carbocycles. The summed E-state index contributed by atoms with van der Waals surface area (Å²) >= 11 is 0. The number of piperazine rings is 1. The van der Waals surface area contributed by atoms with Crippen molar-refractivity contribution in [3.8, 4) is 0 Å². The largest absolute Gasteiger partial charge is 0.384 e. The number of benzene rings is 1. The van der Waals surface area contributed by atoms with Crippen LogP contribution in [0.5, 0.6) is 0 Å². The third-order valence-corrected chi connectivity index (χ3v) is 3.39. The summed E-state index contributed by atoms with van der Waals surface area (Å²) in [4.78, 5) is 4.45. The fraction of sp³-hybridized carbons (Fsp3) is 0.462. The maximum atomic E-state index is 13.3. The molecule has 1 aliphatic heterocycles. The molecule has 0 amide bonds. The molecule has 1 atom stereocenters. The SMILES string of the molecule is CC1CN(C)CCN1c1ccc(F)cc1C(=N)N. The summed E-state index contributed by atoms with van der Waals surface area (Å²) < 4.78 is 13.3. The van der Waals surface area contributed by atoms with Crippen LogP contribution in [0.2, 0.25) is 0 Å². The predicted octanol–water partition coefficient (Wildman–Crippen LogP) is 1.25. The highest BCUT2D eigenvalue weighted by Gasteiger charge is 2.24. The van der Waals surface area contributed by atoms with Crippen molar-refractivity contribution in [2.45, 2.75) is 13.0 Å². The van der Waals surface area contributed by atoms with Crippen LogP contribution < -0.4 is 10.6 Å². The van der Waals surface area contributed by atoms with Gasteiger partial charge in [-0.25, -0.2) is 4.39 Å². The number of anilines is 1. The number of amidine groups is 1. The first kappa shape index (κ1) is 12.8. The Labute approximate surface area is 107 Å². The normalized spacial score (nSPS) is 21.1. The van der Waals surface area contributed by atoms with Crippen molar-refractivity contribution >= 4 is 11.5 Å². The van der Waals surface area contributed by atoms with E-state index in [1.807, 2.05) is 0 Å². The van der Waals surface area contributed by atoms with Gasteiger partial charge < -0.3 is 15.5 Å². The van der Waals surface area contributed by atoms with E-state index in [1.165, 1.54) is 12.1 Å². The second-order valence-corrected chi connectivity index (χ2v) is 4.88. The Hall–Kier alpha value is -1.62. The number of halogens is 1. The van der Waals surface area contributed by atoms with Crippen molar-refractivity contribution in [3.63, 3.8) is 0 Å². The van der Waals surface area contributed by atoms with Gasteiger partial charge >= 0.3 is 0 Å². The number of nitrogens with one attached hydrogen (secondary N) is 1. The van der Waals surface area contributed by atoms with Crippen molar-refractivity contribution < 1.29 is 4.39 Å². The zero-order valence-electron chi connectivity index (χ0n) is 10.8. The molecule has 18 heavy (non-hydrogen) atoms. The third-order valence-electron chi connectivity index (χ3n) is 3.39.